The number of nitrogens with zero attached hydrogens (tertiary/aromatic N) is 4. The minimum absolute atomic E-state index is 0. The first-order chi connectivity index (χ1) is 12.2. The van der Waals surface area contributed by atoms with E-state index in [2.05, 4.69) is 61.8 Å². The standard InChI is InChI=1S/C17H21N7S.HI/c1-3-18-17(21-10-15-19-8-12(2)25-15)20-9-13-5-4-6-14(7-13)16-22-11-23-24-16;/h4-8,11H,3,9-10H2,1-2H3,(H2,18,20,21)(H,22,23,24);1H. The van der Waals surface area contributed by atoms with E-state index in [0.29, 0.717) is 13.1 Å². The topological polar surface area (TPSA) is 90.9 Å². The molecule has 3 N–H and O–H groups in total. The minimum atomic E-state index is 0. The Bertz CT molecular complexity index is 829. The molecule has 9 heteroatoms. The molecule has 1 aromatic carbocycles. The number of halogens is 1. The van der Waals surface area contributed by atoms with E-state index in [9.17, 15) is 0 Å². The molecular formula is C17H22IN7S. The molecule has 2 heterocycles. The first-order valence-electron chi connectivity index (χ1n) is 8.12. The monoisotopic (exact) mass is 483 g/mol. The van der Waals surface area contributed by atoms with Crippen molar-refractivity contribution in [1.29, 1.82) is 0 Å². The normalized spacial score (nSPS) is 11.1. The summed E-state index contributed by atoms with van der Waals surface area (Å²) < 4.78 is 0. The molecule has 3 rings (SSSR count). The number of hydrogen-bond acceptors (Lipinski definition) is 5. The molecule has 0 aliphatic carbocycles. The summed E-state index contributed by atoms with van der Waals surface area (Å²) in [6.45, 7) is 6.16. The summed E-state index contributed by atoms with van der Waals surface area (Å²) in [5.74, 6) is 1.54. The van der Waals surface area contributed by atoms with Crippen molar-refractivity contribution in [2.75, 3.05) is 6.54 Å². The van der Waals surface area contributed by atoms with E-state index >= 15 is 0 Å². The van der Waals surface area contributed by atoms with E-state index in [1.54, 1.807) is 11.3 Å². The van der Waals surface area contributed by atoms with Gasteiger partial charge in [-0.15, -0.1) is 35.3 Å². The van der Waals surface area contributed by atoms with Crippen molar-refractivity contribution in [2.24, 2.45) is 4.99 Å². The Morgan fingerprint density at radius 2 is 2.15 bits per heavy atom. The summed E-state index contributed by atoms with van der Waals surface area (Å²) in [7, 11) is 0. The van der Waals surface area contributed by atoms with Crippen LogP contribution in [0.2, 0.25) is 0 Å². The Labute approximate surface area is 173 Å². The summed E-state index contributed by atoms with van der Waals surface area (Å²) in [5.41, 5.74) is 2.11. The molecule has 0 bridgehead atoms. The SMILES string of the molecule is CCNC(=NCc1cccc(-c2ncn[nH]2)c1)NCc1ncc(C)s1.I. The van der Waals surface area contributed by atoms with Gasteiger partial charge in [-0.3, -0.25) is 5.10 Å². The molecule has 0 saturated carbocycles. The zero-order chi connectivity index (χ0) is 17.5. The number of aliphatic imine (C=N–C) groups is 1. The number of nitrogens with one attached hydrogen (secondary N) is 3. The van der Waals surface area contributed by atoms with Gasteiger partial charge in [-0.1, -0.05) is 18.2 Å². The van der Waals surface area contributed by atoms with Gasteiger partial charge in [0, 0.05) is 23.2 Å². The lowest BCUT2D eigenvalue weighted by molar-refractivity contribution is 0.811. The van der Waals surface area contributed by atoms with Crippen LogP contribution in [0.5, 0.6) is 0 Å². The van der Waals surface area contributed by atoms with Crippen molar-refractivity contribution in [1.82, 2.24) is 30.8 Å². The average molecular weight is 483 g/mol. The maximum atomic E-state index is 4.65. The van der Waals surface area contributed by atoms with Crippen LogP contribution in [0.3, 0.4) is 0 Å². The number of guanidine groups is 1. The van der Waals surface area contributed by atoms with Gasteiger partial charge in [-0.25, -0.2) is 15.0 Å². The van der Waals surface area contributed by atoms with E-state index in [1.807, 2.05) is 18.3 Å². The van der Waals surface area contributed by atoms with Crippen LogP contribution in [-0.2, 0) is 13.1 Å². The zero-order valence-corrected chi connectivity index (χ0v) is 17.8. The molecule has 0 atom stereocenters. The van der Waals surface area contributed by atoms with Crippen molar-refractivity contribution < 1.29 is 0 Å². The third-order valence-corrected chi connectivity index (χ3v) is 4.37. The van der Waals surface area contributed by atoms with Crippen LogP contribution >= 0.6 is 35.3 Å². The van der Waals surface area contributed by atoms with E-state index in [4.69, 9.17) is 0 Å². The lowest BCUT2D eigenvalue weighted by Crippen LogP contribution is -2.36. The fourth-order valence-corrected chi connectivity index (χ4v) is 3.04. The van der Waals surface area contributed by atoms with Gasteiger partial charge in [0.15, 0.2) is 11.8 Å². The van der Waals surface area contributed by atoms with Crippen molar-refractivity contribution in [3.05, 3.63) is 52.2 Å². The number of benzene rings is 1. The Morgan fingerprint density at radius 3 is 2.85 bits per heavy atom. The fourth-order valence-electron chi connectivity index (χ4n) is 2.32. The maximum Gasteiger partial charge on any atom is 0.191 e. The molecule has 7 nitrogen and oxygen atoms in total. The third-order valence-electron chi connectivity index (χ3n) is 3.46. The number of hydrogen-bond donors (Lipinski definition) is 3. The molecule has 138 valence electrons. The molecule has 0 spiro atoms. The molecule has 2 aromatic heterocycles. The Hall–Kier alpha value is -2.01. The van der Waals surface area contributed by atoms with Crippen LogP contribution in [0.15, 0.2) is 41.8 Å². The molecule has 0 aliphatic rings. The third kappa shape index (κ3) is 5.77. The summed E-state index contributed by atoms with van der Waals surface area (Å²) in [6.07, 6.45) is 3.40. The second kappa shape index (κ2) is 10.2. The molecule has 0 radical (unpaired) electrons. The minimum Gasteiger partial charge on any atom is -0.357 e. The molecule has 26 heavy (non-hydrogen) atoms. The number of aryl methyl sites for hydroxylation is 1. The van der Waals surface area contributed by atoms with Gasteiger partial charge < -0.3 is 10.6 Å². The number of rotatable bonds is 6. The number of H-pyrrole nitrogens is 1. The molecular weight excluding hydrogens is 461 g/mol. The fraction of sp³-hybridized carbons (Fsp3) is 0.294. The van der Waals surface area contributed by atoms with E-state index < -0.39 is 0 Å². The van der Waals surface area contributed by atoms with Crippen LogP contribution in [0.4, 0.5) is 0 Å². The van der Waals surface area contributed by atoms with Gasteiger partial charge in [0.05, 0.1) is 13.1 Å². The molecule has 0 fully saturated rings. The van der Waals surface area contributed by atoms with Crippen molar-refractivity contribution >= 4 is 41.3 Å². The number of aromatic amines is 1. The highest BCUT2D eigenvalue weighted by molar-refractivity contribution is 14.0. The second-order valence-electron chi connectivity index (χ2n) is 5.45. The molecule has 0 amide bonds. The Balaban J connectivity index is 0.00000243. The largest absolute Gasteiger partial charge is 0.357 e. The summed E-state index contributed by atoms with van der Waals surface area (Å²) in [4.78, 5) is 14.4. The average Bonchev–Trinajstić information content (AvgIpc) is 3.29. The molecule has 0 saturated heterocycles. The summed E-state index contributed by atoms with van der Waals surface area (Å²) in [5, 5.41) is 14.4. The van der Waals surface area contributed by atoms with Gasteiger partial charge in [0.25, 0.3) is 0 Å². The van der Waals surface area contributed by atoms with E-state index in [1.165, 1.54) is 11.2 Å². The Morgan fingerprint density at radius 1 is 1.27 bits per heavy atom. The number of aromatic nitrogens is 4. The van der Waals surface area contributed by atoms with Crippen molar-refractivity contribution in [3.8, 4) is 11.4 Å². The number of thiazole rings is 1. The highest BCUT2D eigenvalue weighted by atomic mass is 127. The lowest BCUT2D eigenvalue weighted by Gasteiger charge is -2.10. The van der Waals surface area contributed by atoms with Gasteiger partial charge in [0.2, 0.25) is 0 Å². The van der Waals surface area contributed by atoms with E-state index in [-0.39, 0.29) is 24.0 Å². The van der Waals surface area contributed by atoms with Crippen LogP contribution in [0, 0.1) is 6.92 Å². The van der Waals surface area contributed by atoms with Gasteiger partial charge >= 0.3 is 0 Å². The first-order valence-corrected chi connectivity index (χ1v) is 8.94. The van der Waals surface area contributed by atoms with Crippen LogP contribution in [0.1, 0.15) is 22.4 Å². The highest BCUT2D eigenvalue weighted by Gasteiger charge is 2.04. The molecule has 0 aliphatic heterocycles. The van der Waals surface area contributed by atoms with Crippen LogP contribution in [0.25, 0.3) is 11.4 Å². The Kier molecular flexibility index (Phi) is 7.98. The predicted molar refractivity (Wildman–Crippen MR) is 116 cm³/mol. The lowest BCUT2D eigenvalue weighted by atomic mass is 10.1. The van der Waals surface area contributed by atoms with Crippen molar-refractivity contribution in [3.63, 3.8) is 0 Å². The quantitative estimate of drug-likeness (QED) is 0.285. The van der Waals surface area contributed by atoms with Crippen LogP contribution < -0.4 is 10.6 Å². The van der Waals surface area contributed by atoms with Gasteiger partial charge in [0.1, 0.15) is 11.3 Å². The van der Waals surface area contributed by atoms with Gasteiger partial charge in [-0.2, -0.15) is 5.10 Å². The summed E-state index contributed by atoms with van der Waals surface area (Å²) in [6, 6.07) is 8.12. The highest BCUT2D eigenvalue weighted by Crippen LogP contribution is 2.16. The van der Waals surface area contributed by atoms with Gasteiger partial charge in [-0.05, 0) is 25.5 Å². The second-order valence-corrected chi connectivity index (χ2v) is 6.77. The van der Waals surface area contributed by atoms with E-state index in [0.717, 1.165) is 34.5 Å². The smallest absolute Gasteiger partial charge is 0.191 e. The zero-order valence-electron chi connectivity index (χ0n) is 14.7. The predicted octanol–water partition coefficient (Wildman–Crippen LogP) is 3.11. The first kappa shape index (κ1) is 20.3. The summed E-state index contributed by atoms with van der Waals surface area (Å²) >= 11 is 1.69. The van der Waals surface area contributed by atoms with Crippen LogP contribution in [-0.4, -0.2) is 32.7 Å². The maximum absolute atomic E-state index is 4.65. The van der Waals surface area contributed by atoms with Crippen molar-refractivity contribution in [2.45, 2.75) is 26.9 Å². The molecule has 0 unspecified atom stereocenters. The molecule has 3 aromatic rings.